The van der Waals surface area contributed by atoms with Crippen LogP contribution in [0.1, 0.15) is 42.5 Å². The fourth-order valence-corrected chi connectivity index (χ4v) is 4.71. The molecule has 1 N–H and O–H groups in total. The van der Waals surface area contributed by atoms with Gasteiger partial charge in [0.2, 0.25) is 0 Å². The van der Waals surface area contributed by atoms with Crippen LogP contribution in [0, 0.1) is 5.92 Å². The van der Waals surface area contributed by atoms with Gasteiger partial charge in [-0.3, -0.25) is 4.79 Å². The zero-order chi connectivity index (χ0) is 11.8. The van der Waals surface area contributed by atoms with Crippen molar-refractivity contribution >= 4 is 33.0 Å². The SMILES string of the molecule is O=C(CC1CC2CCC(C1)N2)c1cscc1Br. The Labute approximate surface area is 114 Å². The minimum atomic E-state index is 0.310. The molecular weight excluding hydrogens is 298 g/mol. The molecule has 2 nitrogen and oxygen atoms in total. The first-order valence-corrected chi connectivity index (χ1v) is 7.97. The molecule has 3 heterocycles. The van der Waals surface area contributed by atoms with Gasteiger partial charge in [-0.1, -0.05) is 0 Å². The van der Waals surface area contributed by atoms with E-state index in [0.717, 1.165) is 16.5 Å². The first kappa shape index (κ1) is 11.9. The topological polar surface area (TPSA) is 29.1 Å². The lowest BCUT2D eigenvalue weighted by Crippen LogP contribution is -2.38. The van der Waals surface area contributed by atoms with Crippen molar-refractivity contribution in [1.82, 2.24) is 5.32 Å². The lowest BCUT2D eigenvalue weighted by molar-refractivity contribution is 0.0945. The minimum absolute atomic E-state index is 0.310. The van der Waals surface area contributed by atoms with E-state index in [0.29, 0.717) is 23.8 Å². The number of hydrogen-bond acceptors (Lipinski definition) is 3. The molecule has 2 bridgehead atoms. The Balaban J connectivity index is 1.64. The van der Waals surface area contributed by atoms with Gasteiger partial charge in [-0.25, -0.2) is 0 Å². The highest BCUT2D eigenvalue weighted by molar-refractivity contribution is 9.10. The fourth-order valence-electron chi connectivity index (χ4n) is 3.19. The number of rotatable bonds is 3. The molecule has 2 saturated heterocycles. The van der Waals surface area contributed by atoms with Crippen LogP contribution >= 0.6 is 27.3 Å². The minimum Gasteiger partial charge on any atom is -0.311 e. The molecule has 0 saturated carbocycles. The van der Waals surface area contributed by atoms with E-state index in [1.807, 2.05) is 10.8 Å². The van der Waals surface area contributed by atoms with Gasteiger partial charge >= 0.3 is 0 Å². The van der Waals surface area contributed by atoms with Gasteiger partial charge in [0, 0.05) is 39.3 Å². The van der Waals surface area contributed by atoms with Gasteiger partial charge in [0.15, 0.2) is 5.78 Å². The second-order valence-electron chi connectivity index (χ2n) is 5.24. The molecule has 17 heavy (non-hydrogen) atoms. The molecule has 4 heteroatoms. The maximum absolute atomic E-state index is 12.2. The Bertz CT molecular complexity index is 419. The summed E-state index contributed by atoms with van der Waals surface area (Å²) in [6.07, 6.45) is 5.70. The van der Waals surface area contributed by atoms with Crippen molar-refractivity contribution in [3.63, 3.8) is 0 Å². The summed E-state index contributed by atoms with van der Waals surface area (Å²) in [6, 6.07) is 1.36. The number of ketones is 1. The summed E-state index contributed by atoms with van der Waals surface area (Å²) in [6.45, 7) is 0. The van der Waals surface area contributed by atoms with Crippen LogP contribution in [0.3, 0.4) is 0 Å². The molecule has 3 rings (SSSR count). The Hall–Kier alpha value is -0.190. The van der Waals surface area contributed by atoms with Crippen LogP contribution < -0.4 is 5.32 Å². The Morgan fingerprint density at radius 3 is 2.65 bits per heavy atom. The first-order chi connectivity index (χ1) is 8.22. The average molecular weight is 314 g/mol. The highest BCUT2D eigenvalue weighted by atomic mass is 79.9. The molecule has 0 spiro atoms. The molecule has 2 atom stereocenters. The van der Waals surface area contributed by atoms with Gasteiger partial charge in [0.1, 0.15) is 0 Å². The molecular formula is C13H16BrNOS. The van der Waals surface area contributed by atoms with Gasteiger partial charge in [0.05, 0.1) is 0 Å². The number of fused-ring (bicyclic) bond motifs is 2. The first-order valence-electron chi connectivity index (χ1n) is 6.23. The molecule has 92 valence electrons. The second kappa shape index (κ2) is 4.82. The van der Waals surface area contributed by atoms with E-state index in [9.17, 15) is 4.79 Å². The molecule has 0 amide bonds. The fraction of sp³-hybridized carbons (Fsp3) is 0.615. The van der Waals surface area contributed by atoms with Crippen molar-refractivity contribution in [3.8, 4) is 0 Å². The van der Waals surface area contributed by atoms with Crippen molar-refractivity contribution in [3.05, 3.63) is 20.8 Å². The van der Waals surface area contributed by atoms with E-state index in [4.69, 9.17) is 0 Å². The number of Topliss-reactive ketones (excluding diaryl/α,β-unsaturated/α-hetero) is 1. The number of hydrogen-bond donors (Lipinski definition) is 1. The van der Waals surface area contributed by atoms with Crippen LogP contribution in [0.15, 0.2) is 15.2 Å². The normalized spacial score (nSPS) is 31.7. The summed E-state index contributed by atoms with van der Waals surface area (Å²) in [4.78, 5) is 12.2. The number of piperidine rings is 1. The summed E-state index contributed by atoms with van der Waals surface area (Å²) < 4.78 is 0.962. The maximum Gasteiger partial charge on any atom is 0.165 e. The van der Waals surface area contributed by atoms with Crippen LogP contribution in [-0.4, -0.2) is 17.9 Å². The standard InChI is InChI=1S/C13H16BrNOS/c14-12-7-17-6-11(12)13(16)5-8-3-9-1-2-10(4-8)15-9/h6-10,15H,1-5H2. The third kappa shape index (κ3) is 2.49. The zero-order valence-corrected chi connectivity index (χ0v) is 12.0. The summed E-state index contributed by atoms with van der Waals surface area (Å²) in [7, 11) is 0. The van der Waals surface area contributed by atoms with Crippen LogP contribution in [0.4, 0.5) is 0 Å². The van der Waals surface area contributed by atoms with Crippen molar-refractivity contribution in [2.24, 2.45) is 5.92 Å². The van der Waals surface area contributed by atoms with E-state index < -0.39 is 0 Å². The Kier molecular flexibility index (Phi) is 3.37. The summed E-state index contributed by atoms with van der Waals surface area (Å²) in [5, 5.41) is 7.57. The van der Waals surface area contributed by atoms with E-state index in [2.05, 4.69) is 21.2 Å². The molecule has 0 aromatic carbocycles. The van der Waals surface area contributed by atoms with Gasteiger partial charge in [-0.2, -0.15) is 11.3 Å². The van der Waals surface area contributed by atoms with Gasteiger partial charge in [-0.05, 0) is 47.5 Å². The predicted molar refractivity (Wildman–Crippen MR) is 73.6 cm³/mol. The molecule has 2 fully saturated rings. The average Bonchev–Trinajstić information content (AvgIpc) is 2.85. The second-order valence-corrected chi connectivity index (χ2v) is 6.83. The summed E-state index contributed by atoms with van der Waals surface area (Å²) in [5.74, 6) is 0.900. The molecule has 1 aromatic heterocycles. The van der Waals surface area contributed by atoms with Crippen molar-refractivity contribution in [2.45, 2.75) is 44.2 Å². The van der Waals surface area contributed by atoms with Crippen molar-refractivity contribution in [2.75, 3.05) is 0 Å². The van der Waals surface area contributed by atoms with E-state index in [1.165, 1.54) is 25.7 Å². The van der Waals surface area contributed by atoms with Crippen LogP contribution in [0.25, 0.3) is 0 Å². The monoisotopic (exact) mass is 313 g/mol. The molecule has 0 aliphatic carbocycles. The van der Waals surface area contributed by atoms with Crippen molar-refractivity contribution < 1.29 is 4.79 Å². The third-order valence-corrected chi connectivity index (χ3v) is 5.66. The number of halogens is 1. The number of carbonyl (C=O) groups excluding carboxylic acids is 1. The van der Waals surface area contributed by atoms with E-state index in [1.54, 1.807) is 11.3 Å². The van der Waals surface area contributed by atoms with E-state index in [-0.39, 0.29) is 0 Å². The van der Waals surface area contributed by atoms with Gasteiger partial charge in [0.25, 0.3) is 0 Å². The number of carbonyl (C=O) groups is 1. The molecule has 2 unspecified atom stereocenters. The smallest absolute Gasteiger partial charge is 0.165 e. The Morgan fingerprint density at radius 1 is 1.35 bits per heavy atom. The highest BCUT2D eigenvalue weighted by Crippen LogP contribution is 2.34. The number of thiophene rings is 1. The van der Waals surface area contributed by atoms with Crippen LogP contribution in [0.5, 0.6) is 0 Å². The van der Waals surface area contributed by atoms with Crippen LogP contribution in [-0.2, 0) is 0 Å². The van der Waals surface area contributed by atoms with Crippen LogP contribution in [0.2, 0.25) is 0 Å². The van der Waals surface area contributed by atoms with E-state index >= 15 is 0 Å². The largest absolute Gasteiger partial charge is 0.311 e. The summed E-state index contributed by atoms with van der Waals surface area (Å²) in [5.41, 5.74) is 0.876. The zero-order valence-electron chi connectivity index (χ0n) is 9.62. The van der Waals surface area contributed by atoms with Crippen molar-refractivity contribution in [1.29, 1.82) is 0 Å². The lowest BCUT2D eigenvalue weighted by atomic mass is 9.87. The molecule has 2 aliphatic rings. The molecule has 0 radical (unpaired) electrons. The van der Waals surface area contributed by atoms with Gasteiger partial charge in [-0.15, -0.1) is 0 Å². The molecule has 2 aliphatic heterocycles. The third-order valence-electron chi connectivity index (χ3n) is 3.96. The molecule has 1 aromatic rings. The highest BCUT2D eigenvalue weighted by Gasteiger charge is 2.34. The lowest BCUT2D eigenvalue weighted by Gasteiger charge is -2.28. The summed E-state index contributed by atoms with van der Waals surface area (Å²) >= 11 is 5.03. The quantitative estimate of drug-likeness (QED) is 0.864. The maximum atomic E-state index is 12.2. The van der Waals surface area contributed by atoms with Gasteiger partial charge < -0.3 is 5.32 Å². The predicted octanol–water partition coefficient (Wildman–Crippen LogP) is 3.61. The Morgan fingerprint density at radius 2 is 2.06 bits per heavy atom. The number of nitrogens with one attached hydrogen (secondary N) is 1.